The minimum Gasteiger partial charge on any atom is -0.341 e. The van der Waals surface area contributed by atoms with Gasteiger partial charge in [0.05, 0.1) is 17.4 Å². The molecule has 23 heavy (non-hydrogen) atoms. The van der Waals surface area contributed by atoms with Crippen LogP contribution in [0, 0.1) is 0 Å². The number of likely N-dealkylation sites (tertiary alicyclic amines) is 1. The number of nitrogens with zero attached hydrogens (tertiary/aromatic N) is 4. The predicted octanol–water partition coefficient (Wildman–Crippen LogP) is 2.45. The zero-order valence-electron chi connectivity index (χ0n) is 12.8. The summed E-state index contributed by atoms with van der Waals surface area (Å²) >= 11 is 0. The van der Waals surface area contributed by atoms with Crippen molar-refractivity contribution in [3.8, 4) is 0 Å². The third-order valence-corrected chi connectivity index (χ3v) is 4.51. The van der Waals surface area contributed by atoms with Crippen LogP contribution in [0.25, 0.3) is 11.0 Å². The number of para-hydroxylation sites is 2. The van der Waals surface area contributed by atoms with Crippen molar-refractivity contribution in [2.45, 2.75) is 18.9 Å². The Balaban J connectivity index is 1.33. The van der Waals surface area contributed by atoms with Crippen molar-refractivity contribution in [1.29, 1.82) is 0 Å². The molecule has 0 aliphatic carbocycles. The van der Waals surface area contributed by atoms with Gasteiger partial charge in [-0.15, -0.1) is 0 Å². The van der Waals surface area contributed by atoms with Crippen LogP contribution in [-0.4, -0.2) is 38.4 Å². The average Bonchev–Trinajstić information content (AvgIpc) is 2.96. The Morgan fingerprint density at radius 3 is 2.74 bits per heavy atom. The smallest absolute Gasteiger partial charge is 0.224 e. The van der Waals surface area contributed by atoms with Gasteiger partial charge < -0.3 is 9.47 Å². The summed E-state index contributed by atoms with van der Waals surface area (Å²) in [4.78, 5) is 22.6. The first-order valence-corrected chi connectivity index (χ1v) is 7.89. The van der Waals surface area contributed by atoms with Crippen LogP contribution in [0.4, 0.5) is 0 Å². The number of carbonyl (C=O) groups is 1. The summed E-state index contributed by atoms with van der Waals surface area (Å²) in [5.41, 5.74) is 3.32. The highest BCUT2D eigenvalue weighted by Gasteiger charge is 2.31. The third kappa shape index (κ3) is 2.70. The summed E-state index contributed by atoms with van der Waals surface area (Å²) in [6.45, 7) is 2.30. The Morgan fingerprint density at radius 2 is 1.91 bits per heavy atom. The first-order valence-electron chi connectivity index (χ1n) is 7.89. The first-order chi connectivity index (χ1) is 11.3. The van der Waals surface area contributed by atoms with E-state index in [4.69, 9.17) is 0 Å². The van der Waals surface area contributed by atoms with Gasteiger partial charge in [0.15, 0.2) is 0 Å². The standard InChI is InChI=1S/C18H18N4O/c23-18(22-11-15(12-22)14-5-8-19-9-6-14)7-10-21-13-20-16-3-1-2-4-17(16)21/h1-6,8-9,13,15H,7,10-12H2. The van der Waals surface area contributed by atoms with E-state index in [9.17, 15) is 4.79 Å². The molecule has 1 aliphatic rings. The second-order valence-corrected chi connectivity index (χ2v) is 5.95. The lowest BCUT2D eigenvalue weighted by Crippen LogP contribution is -2.48. The molecule has 1 saturated heterocycles. The van der Waals surface area contributed by atoms with Gasteiger partial charge in [-0.3, -0.25) is 9.78 Å². The van der Waals surface area contributed by atoms with Crippen LogP contribution in [0.15, 0.2) is 55.1 Å². The summed E-state index contributed by atoms with van der Waals surface area (Å²) in [6.07, 6.45) is 5.95. The number of hydrogen-bond donors (Lipinski definition) is 0. The van der Waals surface area contributed by atoms with Gasteiger partial charge in [0, 0.05) is 44.4 Å². The zero-order chi connectivity index (χ0) is 15.6. The van der Waals surface area contributed by atoms with E-state index in [0.717, 1.165) is 24.1 Å². The topological polar surface area (TPSA) is 51.0 Å². The number of imidazole rings is 1. The minimum absolute atomic E-state index is 0.216. The summed E-state index contributed by atoms with van der Waals surface area (Å²) in [5, 5.41) is 0. The fraction of sp³-hybridized carbons (Fsp3) is 0.278. The van der Waals surface area contributed by atoms with Crippen molar-refractivity contribution in [2.24, 2.45) is 0 Å². The lowest BCUT2D eigenvalue weighted by atomic mass is 9.92. The maximum Gasteiger partial charge on any atom is 0.224 e. The van der Waals surface area contributed by atoms with Gasteiger partial charge in [0.2, 0.25) is 5.91 Å². The van der Waals surface area contributed by atoms with Crippen LogP contribution in [0.5, 0.6) is 0 Å². The fourth-order valence-electron chi connectivity index (χ4n) is 3.09. The summed E-state index contributed by atoms with van der Waals surface area (Å²) in [7, 11) is 0. The molecule has 1 aliphatic heterocycles. The molecule has 0 atom stereocenters. The molecule has 0 N–H and O–H groups in total. The van der Waals surface area contributed by atoms with E-state index in [2.05, 4.69) is 9.97 Å². The monoisotopic (exact) mass is 306 g/mol. The quantitative estimate of drug-likeness (QED) is 0.744. The van der Waals surface area contributed by atoms with E-state index in [0.29, 0.717) is 18.9 Å². The number of benzene rings is 1. The Kier molecular flexibility index (Phi) is 3.54. The molecule has 0 bridgehead atoms. The molecule has 0 saturated carbocycles. The second-order valence-electron chi connectivity index (χ2n) is 5.95. The molecule has 1 fully saturated rings. The van der Waals surface area contributed by atoms with E-state index < -0.39 is 0 Å². The van der Waals surface area contributed by atoms with Crippen molar-refractivity contribution in [1.82, 2.24) is 19.4 Å². The van der Waals surface area contributed by atoms with Crippen LogP contribution in [0.2, 0.25) is 0 Å². The average molecular weight is 306 g/mol. The molecule has 0 radical (unpaired) electrons. The third-order valence-electron chi connectivity index (χ3n) is 4.51. The number of carbonyl (C=O) groups excluding carboxylic acids is 1. The molecule has 3 aromatic rings. The molecule has 116 valence electrons. The molecule has 4 rings (SSSR count). The molecule has 1 amide bonds. The molecular weight excluding hydrogens is 288 g/mol. The highest BCUT2D eigenvalue weighted by molar-refractivity contribution is 5.78. The van der Waals surface area contributed by atoms with Crippen molar-refractivity contribution in [2.75, 3.05) is 13.1 Å². The molecule has 5 nitrogen and oxygen atoms in total. The van der Waals surface area contributed by atoms with Gasteiger partial charge in [-0.25, -0.2) is 4.98 Å². The SMILES string of the molecule is O=C(CCn1cnc2ccccc21)N1CC(c2ccncc2)C1. The highest BCUT2D eigenvalue weighted by atomic mass is 16.2. The van der Waals surface area contributed by atoms with Crippen LogP contribution in [-0.2, 0) is 11.3 Å². The number of fused-ring (bicyclic) bond motifs is 1. The largest absolute Gasteiger partial charge is 0.341 e. The predicted molar refractivity (Wildman–Crippen MR) is 87.9 cm³/mol. The summed E-state index contributed by atoms with van der Waals surface area (Å²) in [5.74, 6) is 0.670. The maximum absolute atomic E-state index is 12.3. The Hall–Kier alpha value is -2.69. The molecule has 0 spiro atoms. The van der Waals surface area contributed by atoms with Gasteiger partial charge in [-0.05, 0) is 29.8 Å². The summed E-state index contributed by atoms with van der Waals surface area (Å²) in [6, 6.07) is 12.1. The number of aryl methyl sites for hydroxylation is 1. The van der Waals surface area contributed by atoms with E-state index in [1.165, 1.54) is 5.56 Å². The number of hydrogen-bond acceptors (Lipinski definition) is 3. The number of rotatable bonds is 4. The van der Waals surface area contributed by atoms with E-state index in [1.807, 2.05) is 64.6 Å². The lowest BCUT2D eigenvalue weighted by molar-refractivity contribution is -0.135. The van der Waals surface area contributed by atoms with Crippen LogP contribution in [0.3, 0.4) is 0 Å². The Bertz CT molecular complexity index is 821. The van der Waals surface area contributed by atoms with Crippen molar-refractivity contribution in [3.05, 3.63) is 60.7 Å². The number of aromatic nitrogens is 3. The van der Waals surface area contributed by atoms with Crippen LogP contribution in [0.1, 0.15) is 17.9 Å². The lowest BCUT2D eigenvalue weighted by Gasteiger charge is -2.39. The molecule has 5 heteroatoms. The van der Waals surface area contributed by atoms with Crippen molar-refractivity contribution < 1.29 is 4.79 Å². The molecule has 0 unspecified atom stereocenters. The first kappa shape index (κ1) is 13.9. The highest BCUT2D eigenvalue weighted by Crippen LogP contribution is 2.27. The number of amides is 1. The maximum atomic E-state index is 12.3. The fourth-order valence-corrected chi connectivity index (χ4v) is 3.09. The zero-order valence-corrected chi connectivity index (χ0v) is 12.8. The minimum atomic E-state index is 0.216. The van der Waals surface area contributed by atoms with Crippen molar-refractivity contribution >= 4 is 16.9 Å². The van der Waals surface area contributed by atoms with Crippen molar-refractivity contribution in [3.63, 3.8) is 0 Å². The number of pyridine rings is 1. The molecule has 3 heterocycles. The van der Waals surface area contributed by atoms with Gasteiger partial charge >= 0.3 is 0 Å². The normalized spacial score (nSPS) is 14.9. The Labute approximate surface area is 134 Å². The van der Waals surface area contributed by atoms with E-state index in [1.54, 1.807) is 0 Å². The van der Waals surface area contributed by atoms with Gasteiger partial charge in [-0.2, -0.15) is 0 Å². The molecule has 2 aromatic heterocycles. The Morgan fingerprint density at radius 1 is 1.13 bits per heavy atom. The van der Waals surface area contributed by atoms with Gasteiger partial charge in [0.1, 0.15) is 0 Å². The molecular formula is C18H18N4O. The second kappa shape index (κ2) is 5.83. The van der Waals surface area contributed by atoms with Gasteiger partial charge in [0.25, 0.3) is 0 Å². The molecule has 1 aromatic carbocycles. The van der Waals surface area contributed by atoms with Crippen LogP contribution < -0.4 is 0 Å². The van der Waals surface area contributed by atoms with E-state index >= 15 is 0 Å². The van der Waals surface area contributed by atoms with Crippen LogP contribution >= 0.6 is 0 Å². The summed E-state index contributed by atoms with van der Waals surface area (Å²) < 4.78 is 2.05. The van der Waals surface area contributed by atoms with Gasteiger partial charge in [-0.1, -0.05) is 12.1 Å². The van der Waals surface area contributed by atoms with E-state index in [-0.39, 0.29) is 5.91 Å².